The van der Waals surface area contributed by atoms with Gasteiger partial charge >= 0.3 is 0 Å². The van der Waals surface area contributed by atoms with Crippen LogP contribution in [0.4, 0.5) is 0 Å². The topological polar surface area (TPSA) is 32.8 Å². The van der Waals surface area contributed by atoms with Gasteiger partial charge in [0.25, 0.3) is 0 Å². The smallest absolute Gasteiger partial charge is 0.223 e. The molecule has 0 bridgehead atoms. The normalized spacial score (nSPS) is 35.3. The Bertz CT molecular complexity index is 395. The average Bonchev–Trinajstić information content (AvgIpc) is 3.07. The fraction of sp³-hybridized carbons (Fsp3) is 0.944. The van der Waals surface area contributed by atoms with Crippen LogP contribution in [0.5, 0.6) is 0 Å². The van der Waals surface area contributed by atoms with Crippen LogP contribution in [0.2, 0.25) is 0 Å². The number of hydrogen-bond acceptors (Lipinski definition) is 3. The van der Waals surface area contributed by atoms with Crippen molar-refractivity contribution in [3.63, 3.8) is 0 Å². The zero-order valence-electron chi connectivity index (χ0n) is 14.4. The van der Waals surface area contributed by atoms with Crippen molar-refractivity contribution in [2.75, 3.05) is 26.2 Å². The predicted molar refractivity (Wildman–Crippen MR) is 87.8 cm³/mol. The van der Waals surface area contributed by atoms with Gasteiger partial charge in [-0.2, -0.15) is 0 Å². The minimum absolute atomic E-state index is 0.130. The van der Waals surface area contributed by atoms with E-state index in [1.807, 2.05) is 0 Å². The summed E-state index contributed by atoms with van der Waals surface area (Å²) in [4.78, 5) is 17.3. The highest BCUT2D eigenvalue weighted by Crippen LogP contribution is 2.40. The lowest BCUT2D eigenvalue weighted by Gasteiger charge is -2.39. The zero-order valence-corrected chi connectivity index (χ0v) is 14.4. The molecule has 126 valence electrons. The second-order valence-electron chi connectivity index (χ2n) is 7.51. The molecule has 3 fully saturated rings. The quantitative estimate of drug-likeness (QED) is 0.800. The molecule has 0 aliphatic carbocycles. The lowest BCUT2D eigenvalue weighted by molar-refractivity contribution is -0.133. The Balaban J connectivity index is 1.68. The van der Waals surface area contributed by atoms with Gasteiger partial charge < -0.3 is 14.5 Å². The number of nitrogens with zero attached hydrogens (tertiary/aromatic N) is 2. The van der Waals surface area contributed by atoms with E-state index < -0.39 is 0 Å². The van der Waals surface area contributed by atoms with Crippen LogP contribution in [0.3, 0.4) is 0 Å². The molecule has 0 aromatic carbocycles. The Labute approximate surface area is 135 Å². The molecule has 3 aliphatic rings. The van der Waals surface area contributed by atoms with Crippen LogP contribution in [0.15, 0.2) is 0 Å². The monoisotopic (exact) mass is 308 g/mol. The first-order chi connectivity index (χ1) is 10.6. The van der Waals surface area contributed by atoms with Gasteiger partial charge in [-0.15, -0.1) is 0 Å². The van der Waals surface area contributed by atoms with E-state index in [1.165, 1.54) is 25.8 Å². The average molecular weight is 308 g/mol. The summed E-state index contributed by atoms with van der Waals surface area (Å²) in [6, 6.07) is 0.666. The summed E-state index contributed by atoms with van der Waals surface area (Å²) in [5.41, 5.74) is 0.130. The molecule has 3 saturated heterocycles. The van der Waals surface area contributed by atoms with Crippen molar-refractivity contribution in [2.45, 2.75) is 82.9 Å². The maximum absolute atomic E-state index is 12.5. The molecule has 0 aromatic heterocycles. The van der Waals surface area contributed by atoms with Crippen molar-refractivity contribution < 1.29 is 9.53 Å². The van der Waals surface area contributed by atoms with E-state index in [2.05, 4.69) is 23.6 Å². The summed E-state index contributed by atoms with van der Waals surface area (Å²) in [6.07, 6.45) is 9.13. The lowest BCUT2D eigenvalue weighted by Crippen LogP contribution is -2.49. The second kappa shape index (κ2) is 6.88. The fourth-order valence-corrected chi connectivity index (χ4v) is 4.58. The van der Waals surface area contributed by atoms with Crippen molar-refractivity contribution >= 4 is 5.91 Å². The van der Waals surface area contributed by atoms with Gasteiger partial charge in [0.2, 0.25) is 5.91 Å². The number of hydrogen-bond donors (Lipinski definition) is 0. The van der Waals surface area contributed by atoms with Crippen molar-refractivity contribution in [1.29, 1.82) is 0 Å². The summed E-state index contributed by atoms with van der Waals surface area (Å²) in [6.45, 7) is 8.66. The van der Waals surface area contributed by atoms with E-state index in [-0.39, 0.29) is 11.6 Å². The Hall–Kier alpha value is -0.610. The molecular formula is C18H32N2O2. The first-order valence-electron chi connectivity index (χ1n) is 9.31. The van der Waals surface area contributed by atoms with Gasteiger partial charge in [-0.3, -0.25) is 4.79 Å². The Morgan fingerprint density at radius 2 is 2.14 bits per heavy atom. The molecule has 3 aliphatic heterocycles. The van der Waals surface area contributed by atoms with Crippen LogP contribution < -0.4 is 0 Å². The summed E-state index contributed by atoms with van der Waals surface area (Å²) in [7, 11) is 0. The van der Waals surface area contributed by atoms with Crippen LogP contribution in [0.25, 0.3) is 0 Å². The number of ether oxygens (including phenoxy) is 1. The summed E-state index contributed by atoms with van der Waals surface area (Å²) in [5.74, 6) is 0.368. The highest BCUT2D eigenvalue weighted by molar-refractivity contribution is 5.79. The summed E-state index contributed by atoms with van der Waals surface area (Å²) >= 11 is 0. The van der Waals surface area contributed by atoms with Crippen molar-refractivity contribution in [2.24, 2.45) is 0 Å². The summed E-state index contributed by atoms with van der Waals surface area (Å²) in [5, 5.41) is 0. The molecule has 3 heterocycles. The molecule has 3 unspecified atom stereocenters. The maximum Gasteiger partial charge on any atom is 0.223 e. The van der Waals surface area contributed by atoms with Crippen LogP contribution in [0, 0.1) is 0 Å². The van der Waals surface area contributed by atoms with Crippen LogP contribution in [0.1, 0.15) is 65.2 Å². The van der Waals surface area contributed by atoms with Gasteiger partial charge in [0, 0.05) is 37.7 Å². The molecule has 1 spiro atoms. The standard InChI is InChI=1S/C18H32N2O2/c1-3-15(2)19-11-5-8-18(10-12-19)9-7-17(21)20(18)14-16-6-4-13-22-16/h15-16H,3-14H2,1-2H3. The number of amides is 1. The first-order valence-corrected chi connectivity index (χ1v) is 9.31. The number of carbonyl (C=O) groups is 1. The molecular weight excluding hydrogens is 276 g/mol. The van der Waals surface area contributed by atoms with Gasteiger partial charge in [0.15, 0.2) is 0 Å². The largest absolute Gasteiger partial charge is 0.376 e. The van der Waals surface area contributed by atoms with E-state index in [0.717, 1.165) is 51.8 Å². The minimum atomic E-state index is 0.130. The fourth-order valence-electron chi connectivity index (χ4n) is 4.58. The van der Waals surface area contributed by atoms with Gasteiger partial charge in [0.05, 0.1) is 6.10 Å². The van der Waals surface area contributed by atoms with Crippen LogP contribution >= 0.6 is 0 Å². The molecule has 1 amide bonds. The third-order valence-electron chi connectivity index (χ3n) is 6.25. The summed E-state index contributed by atoms with van der Waals surface area (Å²) < 4.78 is 5.80. The van der Waals surface area contributed by atoms with Gasteiger partial charge in [0.1, 0.15) is 0 Å². The van der Waals surface area contributed by atoms with Crippen molar-refractivity contribution in [1.82, 2.24) is 9.80 Å². The third-order valence-corrected chi connectivity index (χ3v) is 6.25. The predicted octanol–water partition coefficient (Wildman–Crippen LogP) is 2.81. The van der Waals surface area contributed by atoms with Gasteiger partial charge in [-0.1, -0.05) is 6.92 Å². The Morgan fingerprint density at radius 3 is 2.86 bits per heavy atom. The number of rotatable bonds is 4. The van der Waals surface area contributed by atoms with E-state index in [9.17, 15) is 4.79 Å². The molecule has 0 N–H and O–H groups in total. The molecule has 4 nitrogen and oxygen atoms in total. The molecule has 22 heavy (non-hydrogen) atoms. The molecule has 0 aromatic rings. The Kier molecular flexibility index (Phi) is 5.08. The highest BCUT2D eigenvalue weighted by atomic mass is 16.5. The van der Waals surface area contributed by atoms with E-state index >= 15 is 0 Å². The molecule has 3 rings (SSSR count). The molecule has 0 radical (unpaired) electrons. The minimum Gasteiger partial charge on any atom is -0.376 e. The van der Waals surface area contributed by atoms with E-state index in [4.69, 9.17) is 4.74 Å². The second-order valence-corrected chi connectivity index (χ2v) is 7.51. The molecule has 4 heteroatoms. The Morgan fingerprint density at radius 1 is 1.27 bits per heavy atom. The van der Waals surface area contributed by atoms with Gasteiger partial charge in [-0.25, -0.2) is 0 Å². The van der Waals surface area contributed by atoms with Gasteiger partial charge in [-0.05, 0) is 58.4 Å². The maximum atomic E-state index is 12.5. The third kappa shape index (κ3) is 3.18. The van der Waals surface area contributed by atoms with Crippen molar-refractivity contribution in [3.8, 4) is 0 Å². The molecule has 3 atom stereocenters. The van der Waals surface area contributed by atoms with Crippen molar-refractivity contribution in [3.05, 3.63) is 0 Å². The van der Waals surface area contributed by atoms with E-state index in [1.54, 1.807) is 0 Å². The number of likely N-dealkylation sites (tertiary alicyclic amines) is 2. The van der Waals surface area contributed by atoms with Crippen LogP contribution in [-0.2, 0) is 9.53 Å². The SMILES string of the molecule is CCC(C)N1CCCC2(CCC(=O)N2CC2CCCO2)CC1. The first kappa shape index (κ1) is 16.3. The highest BCUT2D eigenvalue weighted by Gasteiger charge is 2.46. The lowest BCUT2D eigenvalue weighted by atomic mass is 9.87. The zero-order chi connectivity index (χ0) is 15.6. The molecule has 0 saturated carbocycles. The van der Waals surface area contributed by atoms with E-state index in [0.29, 0.717) is 11.9 Å². The van der Waals surface area contributed by atoms with Crippen LogP contribution in [-0.4, -0.2) is 59.6 Å². The number of carbonyl (C=O) groups excluding carboxylic acids is 1.